The van der Waals surface area contributed by atoms with E-state index >= 15 is 0 Å². The molecule has 1 aromatic rings. The van der Waals surface area contributed by atoms with Gasteiger partial charge in [0.05, 0.1) is 21.3 Å². The van der Waals surface area contributed by atoms with Crippen LogP contribution in [-0.4, -0.2) is 21.3 Å². The first-order valence-electron chi connectivity index (χ1n) is 7.39. The zero-order valence-corrected chi connectivity index (χ0v) is 15.1. The third kappa shape index (κ3) is 3.01. The zero-order valence-electron chi connectivity index (χ0n) is 13.5. The third-order valence-electron chi connectivity index (χ3n) is 4.73. The minimum absolute atomic E-state index is 0.254. The van der Waals surface area contributed by atoms with Crippen LogP contribution in [0.5, 0.6) is 17.2 Å². The number of methoxy groups -OCH3 is 3. The standard InChI is InChI=1S/C17H25BrO3/c1-17(2)10-6-7-12(17)14(18)11-8-9-13(19-3)16(21-5)15(11)20-4/h8-9,12,14H,6-7,10H2,1-5H3. The summed E-state index contributed by atoms with van der Waals surface area (Å²) in [6.45, 7) is 4.71. The van der Waals surface area contributed by atoms with E-state index in [2.05, 4.69) is 35.8 Å². The van der Waals surface area contributed by atoms with Crippen molar-refractivity contribution >= 4 is 15.9 Å². The van der Waals surface area contributed by atoms with Gasteiger partial charge < -0.3 is 14.2 Å². The summed E-state index contributed by atoms with van der Waals surface area (Å²) >= 11 is 3.91. The number of ether oxygens (including phenoxy) is 3. The van der Waals surface area contributed by atoms with Crippen molar-refractivity contribution in [3.63, 3.8) is 0 Å². The van der Waals surface area contributed by atoms with Gasteiger partial charge in [-0.05, 0) is 30.2 Å². The predicted molar refractivity (Wildman–Crippen MR) is 88.9 cm³/mol. The molecule has 0 amide bonds. The van der Waals surface area contributed by atoms with Crippen molar-refractivity contribution in [1.82, 2.24) is 0 Å². The molecule has 118 valence electrons. The maximum atomic E-state index is 5.62. The lowest BCUT2D eigenvalue weighted by Crippen LogP contribution is -2.21. The molecule has 0 radical (unpaired) electrons. The summed E-state index contributed by atoms with van der Waals surface area (Å²) in [6, 6.07) is 4.03. The van der Waals surface area contributed by atoms with Crippen molar-refractivity contribution < 1.29 is 14.2 Å². The molecule has 21 heavy (non-hydrogen) atoms. The molecule has 2 atom stereocenters. The molecule has 1 saturated carbocycles. The molecule has 1 aromatic carbocycles. The lowest BCUT2D eigenvalue weighted by molar-refractivity contribution is 0.253. The Labute approximate surface area is 136 Å². The Morgan fingerprint density at radius 1 is 1.10 bits per heavy atom. The van der Waals surface area contributed by atoms with E-state index in [4.69, 9.17) is 14.2 Å². The fraction of sp³-hybridized carbons (Fsp3) is 0.647. The lowest BCUT2D eigenvalue weighted by Gasteiger charge is -2.32. The highest BCUT2D eigenvalue weighted by Gasteiger charge is 2.40. The van der Waals surface area contributed by atoms with Crippen LogP contribution < -0.4 is 14.2 Å². The minimum atomic E-state index is 0.254. The van der Waals surface area contributed by atoms with E-state index < -0.39 is 0 Å². The number of halogens is 1. The molecule has 0 heterocycles. The van der Waals surface area contributed by atoms with E-state index in [0.29, 0.717) is 22.8 Å². The summed E-state index contributed by atoms with van der Waals surface area (Å²) < 4.78 is 16.5. The molecule has 1 aliphatic carbocycles. The van der Waals surface area contributed by atoms with Gasteiger partial charge in [0, 0.05) is 10.4 Å². The number of hydrogen-bond donors (Lipinski definition) is 0. The Kier molecular flexibility index (Phi) is 5.07. The number of benzene rings is 1. The van der Waals surface area contributed by atoms with Crippen molar-refractivity contribution in [2.24, 2.45) is 11.3 Å². The van der Waals surface area contributed by atoms with E-state index in [-0.39, 0.29) is 4.83 Å². The molecule has 1 fully saturated rings. The summed E-state index contributed by atoms with van der Waals surface area (Å²) in [5.74, 6) is 2.71. The van der Waals surface area contributed by atoms with E-state index in [1.165, 1.54) is 19.3 Å². The molecular weight excluding hydrogens is 332 g/mol. The fourth-order valence-electron chi connectivity index (χ4n) is 3.45. The van der Waals surface area contributed by atoms with Gasteiger partial charge in [-0.1, -0.05) is 42.3 Å². The van der Waals surface area contributed by atoms with Crippen LogP contribution in [-0.2, 0) is 0 Å². The van der Waals surface area contributed by atoms with Crippen molar-refractivity contribution in [2.75, 3.05) is 21.3 Å². The number of rotatable bonds is 5. The van der Waals surface area contributed by atoms with Gasteiger partial charge in [-0.25, -0.2) is 0 Å². The second-order valence-corrected chi connectivity index (χ2v) is 7.30. The average Bonchev–Trinajstić information content (AvgIpc) is 2.83. The van der Waals surface area contributed by atoms with E-state index in [1.807, 2.05) is 6.07 Å². The molecule has 0 aromatic heterocycles. The van der Waals surface area contributed by atoms with Crippen LogP contribution >= 0.6 is 15.9 Å². The molecule has 0 N–H and O–H groups in total. The van der Waals surface area contributed by atoms with Crippen molar-refractivity contribution in [3.05, 3.63) is 17.7 Å². The summed E-state index contributed by atoms with van der Waals surface area (Å²) in [4.78, 5) is 0.254. The third-order valence-corrected chi connectivity index (χ3v) is 5.86. The highest BCUT2D eigenvalue weighted by molar-refractivity contribution is 9.09. The Bertz CT molecular complexity index is 499. The first kappa shape index (κ1) is 16.5. The Balaban J connectivity index is 2.43. The highest BCUT2D eigenvalue weighted by atomic mass is 79.9. The van der Waals surface area contributed by atoms with Gasteiger partial charge in [0.15, 0.2) is 11.5 Å². The van der Waals surface area contributed by atoms with Gasteiger partial charge in [-0.2, -0.15) is 0 Å². The summed E-state index contributed by atoms with van der Waals surface area (Å²) in [7, 11) is 4.97. The van der Waals surface area contributed by atoms with Gasteiger partial charge in [0.25, 0.3) is 0 Å². The predicted octanol–water partition coefficient (Wildman–Crippen LogP) is 4.97. The first-order valence-corrected chi connectivity index (χ1v) is 8.30. The quantitative estimate of drug-likeness (QED) is 0.696. The highest BCUT2D eigenvalue weighted by Crippen LogP contribution is 2.55. The minimum Gasteiger partial charge on any atom is -0.493 e. The molecule has 0 saturated heterocycles. The van der Waals surface area contributed by atoms with E-state index in [0.717, 1.165) is 11.3 Å². The number of alkyl halides is 1. The Morgan fingerprint density at radius 2 is 1.76 bits per heavy atom. The van der Waals surface area contributed by atoms with Crippen LogP contribution in [0.1, 0.15) is 43.5 Å². The lowest BCUT2D eigenvalue weighted by atomic mass is 9.78. The van der Waals surface area contributed by atoms with Crippen molar-refractivity contribution in [1.29, 1.82) is 0 Å². The van der Waals surface area contributed by atoms with Crippen LogP contribution in [0.2, 0.25) is 0 Å². The van der Waals surface area contributed by atoms with Crippen LogP contribution in [0.15, 0.2) is 12.1 Å². The summed E-state index contributed by atoms with van der Waals surface area (Å²) in [5, 5.41) is 0. The molecule has 2 unspecified atom stereocenters. The van der Waals surface area contributed by atoms with Crippen LogP contribution in [0.25, 0.3) is 0 Å². The normalized spacial score (nSPS) is 21.9. The SMILES string of the molecule is COc1ccc(C(Br)C2CCCC2(C)C)c(OC)c1OC. The monoisotopic (exact) mass is 356 g/mol. The van der Waals surface area contributed by atoms with E-state index in [9.17, 15) is 0 Å². The molecule has 0 spiro atoms. The maximum absolute atomic E-state index is 5.62. The second kappa shape index (κ2) is 6.47. The van der Waals surface area contributed by atoms with Crippen LogP contribution in [0, 0.1) is 11.3 Å². The summed E-state index contributed by atoms with van der Waals surface area (Å²) in [5.41, 5.74) is 1.47. The van der Waals surface area contributed by atoms with Gasteiger partial charge >= 0.3 is 0 Å². The average molecular weight is 357 g/mol. The topological polar surface area (TPSA) is 27.7 Å². The zero-order chi connectivity index (χ0) is 15.6. The van der Waals surface area contributed by atoms with Gasteiger partial charge in [0.1, 0.15) is 0 Å². The largest absolute Gasteiger partial charge is 0.493 e. The molecule has 3 nitrogen and oxygen atoms in total. The molecule has 0 aliphatic heterocycles. The Hall–Kier alpha value is -0.900. The van der Waals surface area contributed by atoms with Crippen molar-refractivity contribution in [3.8, 4) is 17.2 Å². The van der Waals surface area contributed by atoms with Gasteiger partial charge in [-0.3, -0.25) is 0 Å². The number of hydrogen-bond acceptors (Lipinski definition) is 3. The first-order chi connectivity index (χ1) is 9.96. The van der Waals surface area contributed by atoms with Gasteiger partial charge in [-0.15, -0.1) is 0 Å². The van der Waals surface area contributed by atoms with Crippen LogP contribution in [0.3, 0.4) is 0 Å². The Morgan fingerprint density at radius 3 is 2.24 bits per heavy atom. The molecule has 4 heteroatoms. The molecule has 2 rings (SSSR count). The fourth-order valence-corrected chi connectivity index (χ4v) is 4.79. The molecule has 1 aliphatic rings. The molecule has 0 bridgehead atoms. The maximum Gasteiger partial charge on any atom is 0.203 e. The second-order valence-electron chi connectivity index (χ2n) is 6.31. The van der Waals surface area contributed by atoms with Gasteiger partial charge in [0.2, 0.25) is 5.75 Å². The van der Waals surface area contributed by atoms with Crippen molar-refractivity contribution in [2.45, 2.75) is 37.9 Å². The summed E-state index contributed by atoms with van der Waals surface area (Å²) in [6.07, 6.45) is 3.80. The van der Waals surface area contributed by atoms with E-state index in [1.54, 1.807) is 21.3 Å². The smallest absolute Gasteiger partial charge is 0.203 e. The van der Waals surface area contributed by atoms with Crippen LogP contribution in [0.4, 0.5) is 0 Å². The molecular formula is C17H25BrO3.